The van der Waals surface area contributed by atoms with Crippen LogP contribution >= 0.6 is 0 Å². The van der Waals surface area contributed by atoms with Gasteiger partial charge in [0.25, 0.3) is 5.91 Å². The molecule has 0 atom stereocenters. The van der Waals surface area contributed by atoms with Crippen molar-refractivity contribution in [3.05, 3.63) is 18.0 Å². The summed E-state index contributed by atoms with van der Waals surface area (Å²) < 4.78 is 0. The zero-order valence-electron chi connectivity index (χ0n) is 14.3. The highest BCUT2D eigenvalue weighted by atomic mass is 16.1. The maximum atomic E-state index is 12.1. The van der Waals surface area contributed by atoms with Crippen LogP contribution in [0.2, 0.25) is 0 Å². The Labute approximate surface area is 139 Å². The summed E-state index contributed by atoms with van der Waals surface area (Å²) in [4.78, 5) is 22.9. The number of nitrogens with zero attached hydrogens (tertiary/aromatic N) is 3. The van der Waals surface area contributed by atoms with Gasteiger partial charge in [-0.05, 0) is 46.0 Å². The van der Waals surface area contributed by atoms with E-state index in [4.69, 9.17) is 0 Å². The maximum absolute atomic E-state index is 12.1. The van der Waals surface area contributed by atoms with E-state index in [1.54, 1.807) is 12.3 Å². The van der Waals surface area contributed by atoms with Gasteiger partial charge in [0, 0.05) is 18.8 Å². The summed E-state index contributed by atoms with van der Waals surface area (Å²) in [6.07, 6.45) is 10.0. The number of hydrogen-bond acceptors (Lipinski definition) is 5. The van der Waals surface area contributed by atoms with Gasteiger partial charge in [-0.2, -0.15) is 0 Å². The van der Waals surface area contributed by atoms with E-state index in [0.717, 1.165) is 25.8 Å². The van der Waals surface area contributed by atoms with E-state index in [-0.39, 0.29) is 5.91 Å². The molecule has 0 bridgehead atoms. The Hall–Kier alpha value is -1.69. The molecule has 6 heteroatoms. The average Bonchev–Trinajstić information content (AvgIpc) is 2.80. The van der Waals surface area contributed by atoms with Crippen molar-refractivity contribution in [2.24, 2.45) is 0 Å². The van der Waals surface area contributed by atoms with Crippen molar-refractivity contribution >= 4 is 11.9 Å². The van der Waals surface area contributed by atoms with Crippen molar-refractivity contribution in [1.29, 1.82) is 0 Å². The lowest BCUT2D eigenvalue weighted by atomic mass is 10.1. The van der Waals surface area contributed by atoms with Crippen LogP contribution in [-0.2, 0) is 0 Å². The fraction of sp³-hybridized carbons (Fsp3) is 0.706. The molecule has 2 N–H and O–H groups in total. The average molecular weight is 319 g/mol. The Bertz CT molecular complexity index is 484. The first-order valence-corrected chi connectivity index (χ1v) is 8.67. The summed E-state index contributed by atoms with van der Waals surface area (Å²) in [5, 5.41) is 6.30. The Balaban J connectivity index is 1.84. The summed E-state index contributed by atoms with van der Waals surface area (Å²) >= 11 is 0. The minimum Gasteiger partial charge on any atom is -0.351 e. The minimum atomic E-state index is -0.130. The standard InChI is InChI=1S/C17H29N5O/c1-22(2)13-7-11-18-16(23)15-10-12-19-17(21-15)20-14-8-5-3-4-6-9-14/h10,12,14H,3-9,11,13H2,1-2H3,(H,18,23)(H,19,20,21). The predicted octanol–water partition coefficient (Wildman–Crippen LogP) is 2.29. The van der Waals surface area contributed by atoms with Crippen molar-refractivity contribution in [1.82, 2.24) is 20.2 Å². The van der Waals surface area contributed by atoms with Gasteiger partial charge in [0.05, 0.1) is 0 Å². The topological polar surface area (TPSA) is 70.2 Å². The smallest absolute Gasteiger partial charge is 0.270 e. The number of anilines is 1. The molecule has 6 nitrogen and oxygen atoms in total. The van der Waals surface area contributed by atoms with Crippen LogP contribution < -0.4 is 10.6 Å². The molecule has 1 aromatic rings. The van der Waals surface area contributed by atoms with Crippen LogP contribution in [0.5, 0.6) is 0 Å². The molecule has 0 radical (unpaired) electrons. The molecule has 1 saturated carbocycles. The number of amides is 1. The van der Waals surface area contributed by atoms with Crippen LogP contribution in [0.3, 0.4) is 0 Å². The van der Waals surface area contributed by atoms with Gasteiger partial charge in [-0.3, -0.25) is 4.79 Å². The van der Waals surface area contributed by atoms with Crippen molar-refractivity contribution in [3.63, 3.8) is 0 Å². The molecule has 0 unspecified atom stereocenters. The molecule has 1 amide bonds. The molecule has 128 valence electrons. The number of carbonyl (C=O) groups is 1. The normalized spacial score (nSPS) is 16.1. The maximum Gasteiger partial charge on any atom is 0.270 e. The summed E-state index contributed by atoms with van der Waals surface area (Å²) in [5.41, 5.74) is 0.431. The molecule has 1 aliphatic rings. The number of hydrogen-bond donors (Lipinski definition) is 2. The number of nitrogens with one attached hydrogen (secondary N) is 2. The van der Waals surface area contributed by atoms with Crippen molar-refractivity contribution in [3.8, 4) is 0 Å². The van der Waals surface area contributed by atoms with Crippen LogP contribution in [0.25, 0.3) is 0 Å². The van der Waals surface area contributed by atoms with Gasteiger partial charge < -0.3 is 15.5 Å². The van der Waals surface area contributed by atoms with E-state index < -0.39 is 0 Å². The highest BCUT2D eigenvalue weighted by Crippen LogP contribution is 2.19. The number of rotatable bonds is 7. The van der Waals surface area contributed by atoms with Crippen molar-refractivity contribution < 1.29 is 4.79 Å². The quantitative estimate of drug-likeness (QED) is 0.596. The van der Waals surface area contributed by atoms with Gasteiger partial charge >= 0.3 is 0 Å². The van der Waals surface area contributed by atoms with Gasteiger partial charge in [0.15, 0.2) is 0 Å². The van der Waals surface area contributed by atoms with Crippen molar-refractivity contribution in [2.75, 3.05) is 32.5 Å². The lowest BCUT2D eigenvalue weighted by Gasteiger charge is -2.16. The van der Waals surface area contributed by atoms with Crippen molar-refractivity contribution in [2.45, 2.75) is 51.0 Å². The predicted molar refractivity (Wildman–Crippen MR) is 92.6 cm³/mol. The van der Waals surface area contributed by atoms with Gasteiger partial charge in [0.1, 0.15) is 5.69 Å². The third-order valence-electron chi connectivity index (χ3n) is 4.14. The molecule has 0 aliphatic heterocycles. The van der Waals surface area contributed by atoms with Gasteiger partial charge in [-0.1, -0.05) is 25.7 Å². The monoisotopic (exact) mass is 319 g/mol. The highest BCUT2D eigenvalue weighted by molar-refractivity contribution is 5.92. The van der Waals surface area contributed by atoms with E-state index in [1.165, 1.54) is 25.7 Å². The second kappa shape index (κ2) is 9.45. The SMILES string of the molecule is CN(C)CCCNC(=O)c1ccnc(NC2CCCCCC2)n1. The summed E-state index contributed by atoms with van der Waals surface area (Å²) in [7, 11) is 4.05. The zero-order chi connectivity index (χ0) is 16.5. The fourth-order valence-corrected chi connectivity index (χ4v) is 2.85. The van der Waals surface area contributed by atoms with Crippen LogP contribution in [0.1, 0.15) is 55.4 Å². The fourth-order valence-electron chi connectivity index (χ4n) is 2.85. The van der Waals surface area contributed by atoms with E-state index in [2.05, 4.69) is 25.5 Å². The largest absolute Gasteiger partial charge is 0.351 e. The Morgan fingerprint density at radius 1 is 1.26 bits per heavy atom. The number of aromatic nitrogens is 2. The first-order chi connectivity index (χ1) is 11.1. The molecule has 0 spiro atoms. The molecule has 2 rings (SSSR count). The van der Waals surface area contributed by atoms with E-state index in [1.807, 2.05) is 14.1 Å². The molecule has 0 saturated heterocycles. The second-order valence-corrected chi connectivity index (χ2v) is 6.51. The van der Waals surface area contributed by atoms with Gasteiger partial charge in [0.2, 0.25) is 5.95 Å². The second-order valence-electron chi connectivity index (χ2n) is 6.51. The highest BCUT2D eigenvalue weighted by Gasteiger charge is 2.14. The lowest BCUT2D eigenvalue weighted by Crippen LogP contribution is -2.28. The summed E-state index contributed by atoms with van der Waals surface area (Å²) in [6, 6.07) is 2.09. The minimum absolute atomic E-state index is 0.130. The van der Waals surface area contributed by atoms with E-state index >= 15 is 0 Å². The van der Waals surface area contributed by atoms with E-state index in [0.29, 0.717) is 24.2 Å². The number of carbonyl (C=O) groups excluding carboxylic acids is 1. The van der Waals surface area contributed by atoms with Gasteiger partial charge in [-0.25, -0.2) is 9.97 Å². The molecule has 1 aliphatic carbocycles. The molecule has 0 aromatic carbocycles. The van der Waals surface area contributed by atoms with Crippen LogP contribution in [-0.4, -0.2) is 54.0 Å². The van der Waals surface area contributed by atoms with Crippen LogP contribution in [0.15, 0.2) is 12.3 Å². The Morgan fingerprint density at radius 3 is 2.70 bits per heavy atom. The molecule has 1 aromatic heterocycles. The summed E-state index contributed by atoms with van der Waals surface area (Å²) in [6.45, 7) is 1.62. The Kier molecular flexibility index (Phi) is 7.26. The van der Waals surface area contributed by atoms with Gasteiger partial charge in [-0.15, -0.1) is 0 Å². The first-order valence-electron chi connectivity index (χ1n) is 8.67. The lowest BCUT2D eigenvalue weighted by molar-refractivity contribution is 0.0947. The molecular weight excluding hydrogens is 290 g/mol. The Morgan fingerprint density at radius 2 is 2.00 bits per heavy atom. The molecule has 23 heavy (non-hydrogen) atoms. The molecular formula is C17H29N5O. The first kappa shape index (κ1) is 17.7. The molecule has 1 heterocycles. The molecule has 1 fully saturated rings. The summed E-state index contributed by atoms with van der Waals surface area (Å²) in [5.74, 6) is 0.438. The van der Waals surface area contributed by atoms with Crippen LogP contribution in [0.4, 0.5) is 5.95 Å². The zero-order valence-corrected chi connectivity index (χ0v) is 14.3. The van der Waals surface area contributed by atoms with E-state index in [9.17, 15) is 4.79 Å². The third kappa shape index (κ3) is 6.52. The third-order valence-corrected chi connectivity index (χ3v) is 4.14. The van der Waals surface area contributed by atoms with Crippen LogP contribution in [0, 0.1) is 0 Å².